The van der Waals surface area contributed by atoms with Crippen LogP contribution in [0.25, 0.3) is 0 Å². The summed E-state index contributed by atoms with van der Waals surface area (Å²) >= 11 is 0. The van der Waals surface area contributed by atoms with Crippen LogP contribution in [0, 0.1) is 0 Å². The van der Waals surface area contributed by atoms with E-state index < -0.39 is 10.0 Å². The average molecular weight is 631 g/mol. The predicted octanol–water partition coefficient (Wildman–Crippen LogP) is 10.4. The Morgan fingerprint density at radius 2 is 1.24 bits per heavy atom. The second-order valence-electron chi connectivity index (χ2n) is 12.3. The lowest BCUT2D eigenvalue weighted by atomic mass is 9.89. The number of sulfonamides is 1. The zero-order chi connectivity index (χ0) is 33.2. The monoisotopic (exact) mass is 630 g/mol. The van der Waals surface area contributed by atoms with Gasteiger partial charge in [0.15, 0.2) is 0 Å². The molecule has 4 rings (SSSR count). The summed E-state index contributed by atoms with van der Waals surface area (Å²) in [5.74, 6) is 0.552. The van der Waals surface area contributed by atoms with Gasteiger partial charge < -0.3 is 5.32 Å². The van der Waals surface area contributed by atoms with Crippen LogP contribution < -0.4 is 10.0 Å². The highest BCUT2D eigenvalue weighted by Gasteiger charge is 2.27. The van der Waals surface area contributed by atoms with Gasteiger partial charge in [-0.1, -0.05) is 158 Å². The minimum atomic E-state index is -3.71. The van der Waals surface area contributed by atoms with Crippen molar-refractivity contribution in [2.75, 3.05) is 13.1 Å². The minimum absolute atomic E-state index is 0.101. The lowest BCUT2D eigenvalue weighted by molar-refractivity contribution is 0.504. The minimum Gasteiger partial charge on any atom is -0.309 e. The van der Waals surface area contributed by atoms with Gasteiger partial charge in [0.1, 0.15) is 0 Å². The molecule has 0 bridgehead atoms. The molecule has 0 heterocycles. The Balaban J connectivity index is 0.000000775. The molecule has 5 heteroatoms. The summed E-state index contributed by atoms with van der Waals surface area (Å²) in [4.78, 5) is 0.464. The summed E-state index contributed by atoms with van der Waals surface area (Å²) < 4.78 is 30.8. The van der Waals surface area contributed by atoms with E-state index in [1.165, 1.54) is 11.1 Å². The van der Waals surface area contributed by atoms with Crippen molar-refractivity contribution in [2.45, 2.75) is 110 Å². The van der Waals surface area contributed by atoms with Gasteiger partial charge in [0.2, 0.25) is 10.0 Å². The summed E-state index contributed by atoms with van der Waals surface area (Å²) in [7, 11) is -3.71. The third-order valence-electron chi connectivity index (χ3n) is 7.85. The van der Waals surface area contributed by atoms with Crippen LogP contribution in [0.4, 0.5) is 0 Å². The molecule has 0 amide bonds. The Bertz CT molecular complexity index is 1350. The number of allylic oxidation sites excluding steroid dienone is 4. The molecule has 0 spiro atoms. The number of rotatable bonds is 13. The molecular weight excluding hydrogens is 573 g/mol. The van der Waals surface area contributed by atoms with E-state index in [1.54, 1.807) is 0 Å². The van der Waals surface area contributed by atoms with E-state index in [0.29, 0.717) is 17.4 Å². The molecule has 1 unspecified atom stereocenters. The van der Waals surface area contributed by atoms with E-state index in [-0.39, 0.29) is 17.9 Å². The van der Waals surface area contributed by atoms with Crippen LogP contribution in [0.1, 0.15) is 127 Å². The highest BCUT2D eigenvalue weighted by Crippen LogP contribution is 2.35. The smallest absolute Gasteiger partial charge is 0.241 e. The maximum Gasteiger partial charge on any atom is 0.241 e. The zero-order valence-corrected chi connectivity index (χ0v) is 29.8. The first-order chi connectivity index (χ1) is 21.6. The Hall–Kier alpha value is -2.99. The molecule has 1 aliphatic carbocycles. The summed E-state index contributed by atoms with van der Waals surface area (Å²) in [6.45, 7) is 17.8. The second-order valence-corrected chi connectivity index (χ2v) is 14.0. The summed E-state index contributed by atoms with van der Waals surface area (Å²) in [5, 5.41) is 3.63. The Morgan fingerprint density at radius 3 is 1.71 bits per heavy atom. The molecule has 0 saturated heterocycles. The topological polar surface area (TPSA) is 58.2 Å². The first kappa shape index (κ1) is 38.2. The first-order valence-corrected chi connectivity index (χ1v) is 18.4. The molecule has 1 atom stereocenters. The summed E-state index contributed by atoms with van der Waals surface area (Å²) in [6, 6.07) is 26.2. The third kappa shape index (κ3) is 12.7. The van der Waals surface area contributed by atoms with Crippen molar-refractivity contribution in [3.8, 4) is 0 Å². The highest BCUT2D eigenvalue weighted by molar-refractivity contribution is 7.89. The molecule has 1 aliphatic rings. The van der Waals surface area contributed by atoms with E-state index >= 15 is 0 Å². The number of hydrogen-bond acceptors (Lipinski definition) is 3. The summed E-state index contributed by atoms with van der Waals surface area (Å²) in [5.41, 5.74) is 5.59. The number of nitrogens with one attached hydrogen (secondary N) is 2. The fraction of sp³-hybridized carbons (Fsp3) is 0.450. The molecule has 0 radical (unpaired) electrons. The van der Waals surface area contributed by atoms with E-state index in [2.05, 4.69) is 94.1 Å². The Labute approximate surface area is 275 Å². The lowest BCUT2D eigenvalue weighted by Gasteiger charge is -2.25. The fourth-order valence-electron chi connectivity index (χ4n) is 5.29. The third-order valence-corrected chi connectivity index (χ3v) is 9.40. The maximum atomic E-state index is 13.9. The van der Waals surface area contributed by atoms with Crippen molar-refractivity contribution >= 4 is 10.0 Å². The van der Waals surface area contributed by atoms with Crippen LogP contribution in [-0.4, -0.2) is 21.5 Å². The van der Waals surface area contributed by atoms with Gasteiger partial charge >= 0.3 is 0 Å². The largest absolute Gasteiger partial charge is 0.309 e. The van der Waals surface area contributed by atoms with Gasteiger partial charge in [-0.15, -0.1) is 0 Å². The summed E-state index contributed by atoms with van der Waals surface area (Å²) in [6.07, 6.45) is 11.0. The van der Waals surface area contributed by atoms with Gasteiger partial charge in [-0.25, -0.2) is 13.1 Å². The first-order valence-electron chi connectivity index (χ1n) is 16.9. The molecular formula is C40H58N2O2S. The van der Waals surface area contributed by atoms with Crippen LogP contribution in [-0.2, 0) is 10.0 Å². The van der Waals surface area contributed by atoms with Crippen molar-refractivity contribution in [2.24, 2.45) is 0 Å². The molecule has 246 valence electrons. The van der Waals surface area contributed by atoms with E-state index in [4.69, 9.17) is 0 Å². The van der Waals surface area contributed by atoms with Crippen molar-refractivity contribution in [3.05, 3.63) is 125 Å². The normalized spacial score (nSPS) is 13.5. The Kier molecular flexibility index (Phi) is 17.1. The van der Waals surface area contributed by atoms with Crippen LogP contribution in [0.5, 0.6) is 0 Å². The number of benzene rings is 3. The zero-order valence-electron chi connectivity index (χ0n) is 29.0. The van der Waals surface area contributed by atoms with Crippen LogP contribution in [0.3, 0.4) is 0 Å². The number of hydrogen-bond donors (Lipinski definition) is 2. The van der Waals surface area contributed by atoms with Crippen molar-refractivity contribution < 1.29 is 8.42 Å². The lowest BCUT2D eigenvalue weighted by Crippen LogP contribution is -2.36. The highest BCUT2D eigenvalue weighted by atomic mass is 32.2. The molecule has 45 heavy (non-hydrogen) atoms. The maximum absolute atomic E-state index is 13.9. The molecule has 3 aromatic rings. The standard InChI is InChI=1S/C32H46N2O2S.C6H6.C2H6/c1-23(2)28-20-29(24(3)4)32(30(21-28)25(5)6)37(35,36)34-22-31(27-17-11-8-12-18-27)33-19-13-16-26-14-9-7-10-15-26;1-2-4-6-5-3-1;1-2/h7-9,11-12,15,17-18,20-21,23-25,31,33-34H,10,13-14,16,19,22H2,1-6H3;1-6H;1-2H3. The van der Waals surface area contributed by atoms with Crippen LogP contribution in [0.15, 0.2) is 108 Å². The van der Waals surface area contributed by atoms with Gasteiger partial charge in [-0.05, 0) is 72.2 Å². The molecule has 0 fully saturated rings. The van der Waals surface area contributed by atoms with Crippen LogP contribution in [0.2, 0.25) is 0 Å². The van der Waals surface area contributed by atoms with E-state index in [1.807, 2.05) is 68.4 Å². The van der Waals surface area contributed by atoms with E-state index in [9.17, 15) is 8.42 Å². The van der Waals surface area contributed by atoms with Gasteiger partial charge in [-0.2, -0.15) is 0 Å². The van der Waals surface area contributed by atoms with Crippen molar-refractivity contribution in [1.29, 1.82) is 0 Å². The van der Waals surface area contributed by atoms with E-state index in [0.717, 1.165) is 48.9 Å². The molecule has 3 aromatic carbocycles. The van der Waals surface area contributed by atoms with Gasteiger partial charge in [0, 0.05) is 12.6 Å². The average Bonchev–Trinajstić information content (AvgIpc) is 3.06. The molecule has 2 N–H and O–H groups in total. The van der Waals surface area contributed by atoms with Gasteiger partial charge in [-0.3, -0.25) is 0 Å². The van der Waals surface area contributed by atoms with Gasteiger partial charge in [0.05, 0.1) is 4.90 Å². The molecule has 0 aliphatic heterocycles. The SMILES string of the molecule is CC.CC(C)c1cc(C(C)C)c(S(=O)(=O)NCC(NCCCC2=CCC=CC2)c2ccccc2)c(C(C)C)c1.c1ccccc1. The second kappa shape index (κ2) is 20.2. The van der Waals surface area contributed by atoms with Crippen molar-refractivity contribution in [3.63, 3.8) is 0 Å². The van der Waals surface area contributed by atoms with Crippen molar-refractivity contribution in [1.82, 2.24) is 10.0 Å². The quantitative estimate of drug-likeness (QED) is 0.146. The molecule has 0 saturated carbocycles. The van der Waals surface area contributed by atoms with Gasteiger partial charge in [0.25, 0.3) is 0 Å². The predicted molar refractivity (Wildman–Crippen MR) is 195 cm³/mol. The molecule has 4 nitrogen and oxygen atoms in total. The van der Waals surface area contributed by atoms with Crippen LogP contribution >= 0.6 is 0 Å². The fourth-order valence-corrected chi connectivity index (χ4v) is 7.03. The Morgan fingerprint density at radius 1 is 0.711 bits per heavy atom. The molecule has 0 aromatic heterocycles.